The van der Waals surface area contributed by atoms with Gasteiger partial charge in [-0.15, -0.1) is 11.3 Å². The molecule has 2 aromatic rings. The molecule has 0 bridgehead atoms. The minimum absolute atomic E-state index is 0.0347. The van der Waals surface area contributed by atoms with Crippen LogP contribution >= 0.6 is 22.9 Å². The minimum Gasteiger partial charge on any atom is -0.486 e. The monoisotopic (exact) mass is 415 g/mol. The lowest BCUT2D eigenvalue weighted by Gasteiger charge is -2.11. The third-order valence-electron chi connectivity index (χ3n) is 4.16. The van der Waals surface area contributed by atoms with Gasteiger partial charge in [-0.2, -0.15) is 0 Å². The van der Waals surface area contributed by atoms with Crippen molar-refractivity contribution in [2.45, 2.75) is 19.4 Å². The highest BCUT2D eigenvalue weighted by Crippen LogP contribution is 2.41. The van der Waals surface area contributed by atoms with Crippen molar-refractivity contribution in [2.24, 2.45) is 0 Å². The van der Waals surface area contributed by atoms with Gasteiger partial charge in [0.05, 0.1) is 22.2 Å². The topological polar surface area (TPSA) is 103 Å². The molecule has 3 N–H and O–H groups in total. The molecule has 0 spiro atoms. The molecule has 2 heterocycles. The van der Waals surface area contributed by atoms with Gasteiger partial charge in [-0.05, 0) is 42.8 Å². The predicted molar refractivity (Wildman–Crippen MR) is 112 cm³/mol. The lowest BCUT2D eigenvalue weighted by molar-refractivity contribution is -0.116. The molecule has 3 rings (SSSR count). The first kappa shape index (κ1) is 20.0. The lowest BCUT2D eigenvalue weighted by atomic mass is 10.1. The Morgan fingerprint density at radius 3 is 2.82 bits per heavy atom. The van der Waals surface area contributed by atoms with Gasteiger partial charge in [-0.1, -0.05) is 11.6 Å². The lowest BCUT2D eigenvalue weighted by Crippen LogP contribution is -2.33. The van der Waals surface area contributed by atoms with Crippen molar-refractivity contribution in [1.29, 1.82) is 10.8 Å². The molecule has 28 heavy (non-hydrogen) atoms. The number of ketones is 1. The zero-order valence-electron chi connectivity index (χ0n) is 15.0. The van der Waals surface area contributed by atoms with Crippen LogP contribution in [0.1, 0.15) is 22.2 Å². The summed E-state index contributed by atoms with van der Waals surface area (Å²) < 4.78 is 5.87. The number of halogens is 1. The van der Waals surface area contributed by atoms with Crippen molar-refractivity contribution in [3.63, 3.8) is 0 Å². The van der Waals surface area contributed by atoms with E-state index in [-0.39, 0.29) is 23.5 Å². The largest absolute Gasteiger partial charge is 0.486 e. The van der Waals surface area contributed by atoms with Crippen LogP contribution in [-0.4, -0.2) is 36.3 Å². The minimum atomic E-state index is -0.353. The highest BCUT2D eigenvalue weighted by molar-refractivity contribution is 7.17. The van der Waals surface area contributed by atoms with Gasteiger partial charge in [0.15, 0.2) is 5.78 Å². The van der Waals surface area contributed by atoms with Gasteiger partial charge in [0.2, 0.25) is 5.91 Å². The molecule has 0 fully saturated rings. The second-order valence-corrected chi connectivity index (χ2v) is 7.78. The number of fused-ring (bicyclic) bond motifs is 1. The number of hydrogen-bond acceptors (Lipinski definition) is 6. The average molecular weight is 416 g/mol. The van der Waals surface area contributed by atoms with E-state index in [0.29, 0.717) is 28.6 Å². The fourth-order valence-electron chi connectivity index (χ4n) is 2.81. The molecule has 144 valence electrons. The molecule has 0 radical (unpaired) electrons. The molecule has 1 atom stereocenters. The number of Topliss-reactive ketones (excluding diaryl/α,β-unsaturated/α-hetero) is 1. The van der Waals surface area contributed by atoms with Crippen molar-refractivity contribution in [2.75, 3.05) is 6.54 Å². The van der Waals surface area contributed by atoms with Gasteiger partial charge < -0.3 is 15.5 Å². The van der Waals surface area contributed by atoms with Crippen molar-refractivity contribution in [3.8, 4) is 16.2 Å². The highest BCUT2D eigenvalue weighted by Gasteiger charge is 2.26. The van der Waals surface area contributed by atoms with E-state index in [1.165, 1.54) is 23.5 Å². The second-order valence-electron chi connectivity index (χ2n) is 6.29. The number of nitrogens with one attached hydrogen (secondary N) is 3. The van der Waals surface area contributed by atoms with Crippen LogP contribution < -0.4 is 10.1 Å². The first-order valence-corrected chi connectivity index (χ1v) is 9.72. The Morgan fingerprint density at radius 1 is 1.36 bits per heavy atom. The third kappa shape index (κ3) is 4.55. The SMILES string of the molecule is CC(=O)c1ccc(-c2cc(Cl)c3c(c2)CC(CNC(=O)C=CC(=N)C=N)O3)s1. The van der Waals surface area contributed by atoms with Crippen LogP contribution in [0.15, 0.2) is 36.4 Å². The van der Waals surface area contributed by atoms with Crippen LogP contribution in [0.4, 0.5) is 0 Å². The molecule has 0 aliphatic carbocycles. The van der Waals surface area contributed by atoms with Gasteiger partial charge >= 0.3 is 0 Å². The van der Waals surface area contributed by atoms with Gasteiger partial charge in [-0.3, -0.25) is 15.0 Å². The molecule has 1 unspecified atom stereocenters. The van der Waals surface area contributed by atoms with Crippen LogP contribution in [0.2, 0.25) is 5.02 Å². The number of benzene rings is 1. The summed E-state index contributed by atoms with van der Waals surface area (Å²) in [6, 6.07) is 7.54. The number of ether oxygens (including phenoxy) is 1. The normalized spacial score (nSPS) is 15.1. The van der Waals surface area contributed by atoms with Crippen molar-refractivity contribution < 1.29 is 14.3 Å². The maximum atomic E-state index is 11.8. The summed E-state index contributed by atoms with van der Waals surface area (Å²) in [5, 5.41) is 17.4. The van der Waals surface area contributed by atoms with Crippen molar-refractivity contribution in [1.82, 2.24) is 5.32 Å². The van der Waals surface area contributed by atoms with Crippen molar-refractivity contribution in [3.05, 3.63) is 51.9 Å². The fourth-order valence-corrected chi connectivity index (χ4v) is 3.98. The molecule has 1 amide bonds. The Morgan fingerprint density at radius 2 is 2.14 bits per heavy atom. The van der Waals surface area contributed by atoms with Gasteiger partial charge in [0.25, 0.3) is 0 Å². The quantitative estimate of drug-likeness (QED) is 0.362. The summed E-state index contributed by atoms with van der Waals surface area (Å²) >= 11 is 7.82. The van der Waals surface area contributed by atoms with E-state index in [1.54, 1.807) is 6.92 Å². The zero-order valence-corrected chi connectivity index (χ0v) is 16.6. The number of allylic oxidation sites excluding steroid dienone is 1. The van der Waals surface area contributed by atoms with Gasteiger partial charge in [0, 0.05) is 29.2 Å². The predicted octanol–water partition coefficient (Wildman–Crippen LogP) is 3.92. The Bertz CT molecular complexity index is 997. The van der Waals surface area contributed by atoms with E-state index in [4.69, 9.17) is 27.2 Å². The number of hydrogen-bond donors (Lipinski definition) is 3. The number of carbonyl (C=O) groups is 2. The van der Waals surface area contributed by atoms with Gasteiger partial charge in [-0.25, -0.2) is 0 Å². The molecule has 6 nitrogen and oxygen atoms in total. The molecule has 0 saturated heterocycles. The molecular formula is C20H18ClN3O3S. The molecule has 1 aliphatic heterocycles. The number of amides is 1. The summed E-state index contributed by atoms with van der Waals surface area (Å²) in [5.74, 6) is 0.301. The highest BCUT2D eigenvalue weighted by atomic mass is 35.5. The van der Waals surface area contributed by atoms with Crippen LogP contribution in [0.25, 0.3) is 10.4 Å². The summed E-state index contributed by atoms with van der Waals surface area (Å²) in [4.78, 5) is 25.0. The Balaban J connectivity index is 1.67. The summed E-state index contributed by atoms with van der Waals surface area (Å²) in [7, 11) is 0. The maximum Gasteiger partial charge on any atom is 0.244 e. The number of carbonyl (C=O) groups excluding carboxylic acids is 2. The van der Waals surface area contributed by atoms with Crippen LogP contribution in [-0.2, 0) is 11.2 Å². The molecule has 1 aromatic carbocycles. The molecule has 8 heteroatoms. The molecular weight excluding hydrogens is 398 g/mol. The summed E-state index contributed by atoms with van der Waals surface area (Å²) in [6.07, 6.45) is 3.69. The Kier molecular flexibility index (Phi) is 6.06. The van der Waals surface area contributed by atoms with E-state index in [9.17, 15) is 9.59 Å². The van der Waals surface area contributed by atoms with E-state index >= 15 is 0 Å². The fraction of sp³-hybridized carbons (Fsp3) is 0.200. The molecule has 1 aromatic heterocycles. The first-order valence-electron chi connectivity index (χ1n) is 8.52. The smallest absolute Gasteiger partial charge is 0.244 e. The van der Waals surface area contributed by atoms with E-state index in [2.05, 4.69) is 5.32 Å². The maximum absolute atomic E-state index is 11.8. The van der Waals surface area contributed by atoms with Crippen molar-refractivity contribution >= 4 is 46.6 Å². The summed E-state index contributed by atoms with van der Waals surface area (Å²) in [5.41, 5.74) is 1.84. The molecule has 0 saturated carbocycles. The van der Waals surface area contributed by atoms with Crippen LogP contribution in [0, 0.1) is 10.8 Å². The Hall–Kier alpha value is -2.77. The zero-order chi connectivity index (χ0) is 20.3. The average Bonchev–Trinajstić information content (AvgIpc) is 3.31. The number of rotatable bonds is 7. The first-order chi connectivity index (χ1) is 13.4. The Labute approximate surface area is 171 Å². The second kappa shape index (κ2) is 8.50. The molecule has 1 aliphatic rings. The van der Waals surface area contributed by atoms with Crippen LogP contribution in [0.5, 0.6) is 5.75 Å². The summed E-state index contributed by atoms with van der Waals surface area (Å²) in [6.45, 7) is 1.84. The van der Waals surface area contributed by atoms with E-state index in [0.717, 1.165) is 22.2 Å². The van der Waals surface area contributed by atoms with E-state index < -0.39 is 0 Å². The standard InChI is InChI=1S/C20H18ClN3O3S/c1-11(25)17-3-4-18(28-17)12-6-13-7-15(27-20(13)16(21)8-12)10-24-19(26)5-2-14(23)9-22/h2-6,8-9,15,22-23H,7,10H2,1H3,(H,24,26). The van der Waals surface area contributed by atoms with E-state index in [1.807, 2.05) is 24.3 Å². The third-order valence-corrected chi connectivity index (χ3v) is 5.68. The van der Waals surface area contributed by atoms with Gasteiger partial charge in [0.1, 0.15) is 11.9 Å². The van der Waals surface area contributed by atoms with Crippen LogP contribution in [0.3, 0.4) is 0 Å². The number of thiophene rings is 1.